The lowest BCUT2D eigenvalue weighted by atomic mass is 9.32. The van der Waals surface area contributed by atoms with Gasteiger partial charge in [0.05, 0.1) is 0 Å². The number of hydrogen-bond donors (Lipinski definition) is 1. The van der Waals surface area contributed by atoms with E-state index in [1.807, 2.05) is 6.92 Å². The van der Waals surface area contributed by atoms with Gasteiger partial charge in [-0.25, -0.2) is 0 Å². The van der Waals surface area contributed by atoms with E-state index in [0.717, 1.165) is 18.8 Å². The van der Waals surface area contributed by atoms with Gasteiger partial charge in [-0.1, -0.05) is 55.4 Å². The summed E-state index contributed by atoms with van der Waals surface area (Å²) in [6.07, 6.45) is 10.3. The highest BCUT2D eigenvalue weighted by Gasteiger charge is 2.68. The lowest BCUT2D eigenvalue weighted by molar-refractivity contribution is -0.249. The van der Waals surface area contributed by atoms with Crippen molar-refractivity contribution in [2.24, 2.45) is 50.7 Å². The minimum absolute atomic E-state index is 0.0340. The van der Waals surface area contributed by atoms with E-state index in [1.54, 1.807) is 0 Å². The maximum absolute atomic E-state index is 12.2. The highest BCUT2D eigenvalue weighted by molar-refractivity contribution is 5.69. The summed E-state index contributed by atoms with van der Waals surface area (Å²) in [5.41, 5.74) is 1.15. The molecule has 4 aliphatic carbocycles. The number of carbonyl (C=O) groups is 1. The summed E-state index contributed by atoms with van der Waals surface area (Å²) in [4.78, 5) is 12.2. The number of esters is 1. The number of ether oxygens (including phenoxy) is 1. The normalized spacial score (nSPS) is 52.3. The van der Waals surface area contributed by atoms with Crippen LogP contribution in [-0.2, 0) is 9.53 Å². The standard InChI is InChI=1S/C29H50O3/c1-9-24(31)32-23-13-14-27(6)21(25(23,3)4)12-15-29(8)22(27)11-10-20-19(2)26(5,18-30)16-17-28(20,29)7/h19-23,30H,9-18H2,1-8H3/t19?,20-,21+,22-,23+,26-,27+,28-,29-/m1/s1. The summed E-state index contributed by atoms with van der Waals surface area (Å²) >= 11 is 0. The molecule has 4 rings (SSSR count). The monoisotopic (exact) mass is 446 g/mol. The molecule has 184 valence electrons. The van der Waals surface area contributed by atoms with Gasteiger partial charge in [0.1, 0.15) is 6.10 Å². The number of fused-ring (bicyclic) bond motifs is 5. The molecule has 0 heterocycles. The zero-order valence-corrected chi connectivity index (χ0v) is 22.2. The van der Waals surface area contributed by atoms with Crippen molar-refractivity contribution in [3.05, 3.63) is 0 Å². The van der Waals surface area contributed by atoms with E-state index in [2.05, 4.69) is 48.5 Å². The Balaban J connectivity index is 1.66. The van der Waals surface area contributed by atoms with Crippen LogP contribution in [0.25, 0.3) is 0 Å². The summed E-state index contributed by atoms with van der Waals surface area (Å²) in [7, 11) is 0. The van der Waals surface area contributed by atoms with Crippen LogP contribution in [-0.4, -0.2) is 23.8 Å². The highest BCUT2D eigenvalue weighted by atomic mass is 16.5. The number of aliphatic hydroxyl groups excluding tert-OH is 1. The smallest absolute Gasteiger partial charge is 0.305 e. The van der Waals surface area contributed by atoms with Crippen molar-refractivity contribution in [1.82, 2.24) is 0 Å². The first kappa shape index (κ1) is 24.6. The van der Waals surface area contributed by atoms with Gasteiger partial charge in [-0.2, -0.15) is 0 Å². The van der Waals surface area contributed by atoms with Crippen LogP contribution in [0.15, 0.2) is 0 Å². The molecule has 0 spiro atoms. The fraction of sp³-hybridized carbons (Fsp3) is 0.966. The molecule has 3 nitrogen and oxygen atoms in total. The Hall–Kier alpha value is -0.570. The van der Waals surface area contributed by atoms with Crippen LogP contribution >= 0.6 is 0 Å². The molecule has 0 aliphatic heterocycles. The van der Waals surface area contributed by atoms with Gasteiger partial charge in [-0.05, 0) is 96.7 Å². The predicted octanol–water partition coefficient (Wildman–Crippen LogP) is 7.01. The molecule has 0 saturated heterocycles. The van der Waals surface area contributed by atoms with Crippen molar-refractivity contribution in [3.63, 3.8) is 0 Å². The zero-order valence-electron chi connectivity index (χ0n) is 22.2. The van der Waals surface area contributed by atoms with Crippen LogP contribution in [0.1, 0.15) is 113 Å². The van der Waals surface area contributed by atoms with Gasteiger partial charge < -0.3 is 9.84 Å². The van der Waals surface area contributed by atoms with Gasteiger partial charge in [-0.15, -0.1) is 0 Å². The Morgan fingerprint density at radius 3 is 2.19 bits per heavy atom. The molecular weight excluding hydrogens is 396 g/mol. The van der Waals surface area contributed by atoms with E-state index in [-0.39, 0.29) is 22.9 Å². The van der Waals surface area contributed by atoms with Crippen LogP contribution in [0.3, 0.4) is 0 Å². The zero-order chi connectivity index (χ0) is 23.7. The second kappa shape index (κ2) is 7.72. The van der Waals surface area contributed by atoms with Gasteiger partial charge in [-0.3, -0.25) is 4.79 Å². The average Bonchev–Trinajstić information content (AvgIpc) is 2.74. The minimum atomic E-state index is -0.0385. The maximum Gasteiger partial charge on any atom is 0.305 e. The first-order valence-corrected chi connectivity index (χ1v) is 13.6. The molecule has 4 aliphatic rings. The third-order valence-corrected chi connectivity index (χ3v) is 12.7. The van der Waals surface area contributed by atoms with E-state index < -0.39 is 0 Å². The van der Waals surface area contributed by atoms with Gasteiger partial charge in [0.2, 0.25) is 0 Å². The first-order valence-electron chi connectivity index (χ1n) is 13.6. The minimum Gasteiger partial charge on any atom is -0.462 e. The fourth-order valence-corrected chi connectivity index (χ4v) is 10.2. The predicted molar refractivity (Wildman–Crippen MR) is 130 cm³/mol. The van der Waals surface area contributed by atoms with Crippen molar-refractivity contribution >= 4 is 5.97 Å². The van der Waals surface area contributed by atoms with Crippen molar-refractivity contribution in [2.75, 3.05) is 6.61 Å². The fourth-order valence-electron chi connectivity index (χ4n) is 10.2. The summed E-state index contributed by atoms with van der Waals surface area (Å²) < 4.78 is 6.00. The van der Waals surface area contributed by atoms with Crippen LogP contribution in [0, 0.1) is 50.7 Å². The Morgan fingerprint density at radius 2 is 1.56 bits per heavy atom. The number of carbonyl (C=O) groups excluding carboxylic acids is 1. The van der Waals surface area contributed by atoms with E-state index in [4.69, 9.17) is 4.74 Å². The molecule has 0 bridgehead atoms. The Bertz CT molecular complexity index is 745. The van der Waals surface area contributed by atoms with Crippen molar-refractivity contribution in [1.29, 1.82) is 0 Å². The first-order chi connectivity index (χ1) is 14.8. The summed E-state index contributed by atoms with van der Waals surface area (Å²) in [5, 5.41) is 10.2. The summed E-state index contributed by atoms with van der Waals surface area (Å²) in [5.74, 6) is 2.60. The SMILES string of the molecule is CCC(=O)O[C@H]1CC[C@]2(C)[C@H]3CC[C@@H]4C(C)[C@@](C)(CO)CC[C@@]4(C)[C@]3(C)CC[C@H]2C1(C)C. The molecule has 4 fully saturated rings. The molecule has 3 heteroatoms. The van der Waals surface area contributed by atoms with Gasteiger partial charge in [0.25, 0.3) is 0 Å². The second-order valence-corrected chi connectivity index (χ2v) is 14.0. The van der Waals surface area contributed by atoms with Gasteiger partial charge >= 0.3 is 5.97 Å². The summed E-state index contributed by atoms with van der Waals surface area (Å²) in [6.45, 7) is 19.6. The molecule has 4 saturated carbocycles. The molecular formula is C29H50O3. The highest BCUT2D eigenvalue weighted by Crippen LogP contribution is 2.75. The van der Waals surface area contributed by atoms with Gasteiger partial charge in [0, 0.05) is 18.4 Å². The molecule has 0 aromatic carbocycles. The second-order valence-electron chi connectivity index (χ2n) is 14.0. The Morgan fingerprint density at radius 1 is 0.875 bits per heavy atom. The van der Waals surface area contributed by atoms with Crippen molar-refractivity contribution in [2.45, 2.75) is 119 Å². The molecule has 32 heavy (non-hydrogen) atoms. The molecule has 0 aromatic heterocycles. The van der Waals surface area contributed by atoms with E-state index >= 15 is 0 Å². The lowest BCUT2D eigenvalue weighted by Gasteiger charge is -2.72. The third-order valence-electron chi connectivity index (χ3n) is 12.7. The van der Waals surface area contributed by atoms with Crippen molar-refractivity contribution in [3.8, 4) is 0 Å². The largest absolute Gasteiger partial charge is 0.462 e. The van der Waals surface area contributed by atoms with Crippen LogP contribution in [0.5, 0.6) is 0 Å². The maximum atomic E-state index is 12.2. The molecule has 0 aromatic rings. The molecule has 0 amide bonds. The lowest BCUT2D eigenvalue weighted by Crippen LogP contribution is -2.66. The molecule has 9 atom stereocenters. The van der Waals surface area contributed by atoms with E-state index in [1.165, 1.54) is 38.5 Å². The van der Waals surface area contributed by atoms with Crippen LogP contribution in [0.2, 0.25) is 0 Å². The summed E-state index contributed by atoms with van der Waals surface area (Å²) in [6, 6.07) is 0. The average molecular weight is 447 g/mol. The third kappa shape index (κ3) is 3.11. The Kier molecular flexibility index (Phi) is 5.92. The number of aliphatic hydroxyl groups is 1. The van der Waals surface area contributed by atoms with Crippen LogP contribution < -0.4 is 0 Å². The van der Waals surface area contributed by atoms with E-state index in [0.29, 0.717) is 47.0 Å². The topological polar surface area (TPSA) is 46.5 Å². The Labute approximate surface area is 197 Å². The van der Waals surface area contributed by atoms with Crippen molar-refractivity contribution < 1.29 is 14.6 Å². The van der Waals surface area contributed by atoms with E-state index in [9.17, 15) is 9.90 Å². The van der Waals surface area contributed by atoms with Crippen LogP contribution in [0.4, 0.5) is 0 Å². The molecule has 0 radical (unpaired) electrons. The molecule has 1 unspecified atom stereocenters. The van der Waals surface area contributed by atoms with Gasteiger partial charge in [0.15, 0.2) is 0 Å². The number of hydrogen-bond acceptors (Lipinski definition) is 3. The quantitative estimate of drug-likeness (QED) is 0.474. The number of rotatable bonds is 3. The molecule has 1 N–H and O–H groups in total.